The minimum absolute atomic E-state index is 0.0157. The molecule has 2 aliphatic rings. The van der Waals surface area contributed by atoms with Crippen LogP contribution in [0.15, 0.2) is 24.5 Å². The largest absolute Gasteiger partial charge is 0.418 e. The zero-order chi connectivity index (χ0) is 25.5. The Bertz CT molecular complexity index is 1500. The third kappa shape index (κ3) is 4.77. The van der Waals surface area contributed by atoms with Crippen LogP contribution in [-0.2, 0) is 11.3 Å². The molecule has 0 radical (unpaired) electrons. The molecule has 2 N–H and O–H groups in total. The molecular weight excluding hydrogens is 521 g/mol. The fourth-order valence-corrected chi connectivity index (χ4v) is 5.71. The van der Waals surface area contributed by atoms with Crippen molar-refractivity contribution in [1.29, 1.82) is 0 Å². The van der Waals surface area contributed by atoms with E-state index in [-0.39, 0.29) is 35.8 Å². The molecule has 4 aromatic rings. The molecule has 3 aromatic heterocycles. The van der Waals surface area contributed by atoms with Crippen LogP contribution in [0.4, 0.5) is 10.1 Å². The monoisotopic (exact) mass is 543 g/mol. The fourth-order valence-electron chi connectivity index (χ4n) is 4.50. The standard InChI is InChI=1S/C24H23ClFN7O3S/c1-12-6-27-20-18-16(37-21(20)22(34)30-12)3-2-15-19(18)28-8-17(31-15)36-23-13(7-29-24(25)32-23)9-33-10-14(11-33)35-5-4-26/h2-3,7-8,12,14,27H,4-6,9-11H2,1H3,(H,30,34)/t12-/m1/s1. The van der Waals surface area contributed by atoms with Gasteiger partial charge in [-0.25, -0.2) is 19.3 Å². The average molecular weight is 544 g/mol. The lowest BCUT2D eigenvalue weighted by molar-refractivity contribution is -0.0610. The number of thiophene rings is 1. The summed E-state index contributed by atoms with van der Waals surface area (Å²) in [7, 11) is 0. The van der Waals surface area contributed by atoms with Crippen molar-refractivity contribution in [2.75, 3.05) is 38.2 Å². The van der Waals surface area contributed by atoms with Crippen molar-refractivity contribution >= 4 is 55.7 Å². The van der Waals surface area contributed by atoms with Crippen molar-refractivity contribution in [2.24, 2.45) is 0 Å². The third-order valence-electron chi connectivity index (χ3n) is 6.26. The number of ether oxygens (including phenoxy) is 2. The fraction of sp³-hybridized carbons (Fsp3) is 0.375. The summed E-state index contributed by atoms with van der Waals surface area (Å²) in [5, 5.41) is 7.31. The van der Waals surface area contributed by atoms with Crippen LogP contribution < -0.4 is 15.4 Å². The average Bonchev–Trinajstić information content (AvgIpc) is 3.18. The van der Waals surface area contributed by atoms with Gasteiger partial charge in [-0.05, 0) is 30.7 Å². The molecule has 5 heterocycles. The molecule has 0 saturated carbocycles. The van der Waals surface area contributed by atoms with E-state index < -0.39 is 6.67 Å². The lowest BCUT2D eigenvalue weighted by Crippen LogP contribution is -2.51. The molecule has 192 valence electrons. The van der Waals surface area contributed by atoms with E-state index in [1.807, 2.05) is 19.1 Å². The number of aromatic nitrogens is 4. The minimum atomic E-state index is -0.488. The zero-order valence-electron chi connectivity index (χ0n) is 19.8. The van der Waals surface area contributed by atoms with Crippen LogP contribution >= 0.6 is 22.9 Å². The molecule has 37 heavy (non-hydrogen) atoms. The van der Waals surface area contributed by atoms with Crippen LogP contribution in [0.2, 0.25) is 5.28 Å². The van der Waals surface area contributed by atoms with Gasteiger partial charge in [0.15, 0.2) is 0 Å². The summed E-state index contributed by atoms with van der Waals surface area (Å²) in [6.07, 6.45) is 3.18. The maximum absolute atomic E-state index is 12.7. The Balaban J connectivity index is 1.27. The predicted molar refractivity (Wildman–Crippen MR) is 138 cm³/mol. The van der Waals surface area contributed by atoms with Crippen molar-refractivity contribution in [1.82, 2.24) is 30.2 Å². The SMILES string of the molecule is C[C@@H]1CNc2c(sc3ccc4nc(Oc5nc(Cl)ncc5CN5CC(OCCF)C5)cnc4c23)C(=O)N1. The number of anilines is 1. The van der Waals surface area contributed by atoms with Crippen LogP contribution in [0.25, 0.3) is 21.1 Å². The number of carbonyl (C=O) groups excluding carboxylic acids is 1. The van der Waals surface area contributed by atoms with E-state index in [0.717, 1.165) is 21.3 Å². The van der Waals surface area contributed by atoms with Gasteiger partial charge in [0.05, 0.1) is 35.6 Å². The highest BCUT2D eigenvalue weighted by Crippen LogP contribution is 2.40. The van der Waals surface area contributed by atoms with E-state index in [2.05, 4.69) is 35.5 Å². The highest BCUT2D eigenvalue weighted by Gasteiger charge is 2.29. The number of hydrogen-bond acceptors (Lipinski definition) is 10. The molecule has 1 atom stereocenters. The molecule has 1 saturated heterocycles. The molecule has 1 fully saturated rings. The first kappa shape index (κ1) is 24.2. The van der Waals surface area contributed by atoms with Crippen LogP contribution in [0.1, 0.15) is 22.2 Å². The zero-order valence-corrected chi connectivity index (χ0v) is 21.4. The molecule has 0 aliphatic carbocycles. The second-order valence-corrected chi connectivity index (χ2v) is 10.4. The van der Waals surface area contributed by atoms with E-state index in [4.69, 9.17) is 21.1 Å². The van der Waals surface area contributed by atoms with Gasteiger partial charge in [-0.1, -0.05) is 0 Å². The van der Waals surface area contributed by atoms with E-state index in [0.29, 0.717) is 48.0 Å². The summed E-state index contributed by atoms with van der Waals surface area (Å²) in [6.45, 7) is 4.09. The second kappa shape index (κ2) is 9.93. The van der Waals surface area contributed by atoms with Crippen molar-refractivity contribution in [3.8, 4) is 11.8 Å². The number of hydrogen-bond donors (Lipinski definition) is 2. The number of halogens is 2. The Kier molecular flexibility index (Phi) is 6.49. The molecule has 6 rings (SSSR count). The van der Waals surface area contributed by atoms with Gasteiger partial charge in [0.25, 0.3) is 5.91 Å². The Morgan fingerprint density at radius 1 is 1.24 bits per heavy atom. The Morgan fingerprint density at radius 3 is 2.95 bits per heavy atom. The summed E-state index contributed by atoms with van der Waals surface area (Å²) in [4.78, 5) is 33.1. The molecule has 13 heteroatoms. The summed E-state index contributed by atoms with van der Waals surface area (Å²) in [5.74, 6) is 0.460. The number of nitrogens with zero attached hydrogens (tertiary/aromatic N) is 5. The number of fused-ring (bicyclic) bond motifs is 5. The number of amides is 1. The first-order valence-corrected chi connectivity index (χ1v) is 13.0. The smallest absolute Gasteiger partial charge is 0.263 e. The van der Waals surface area contributed by atoms with Gasteiger partial charge in [0.2, 0.25) is 17.0 Å². The molecule has 0 spiro atoms. The van der Waals surface area contributed by atoms with Gasteiger partial charge < -0.3 is 20.1 Å². The Hall–Kier alpha value is -3.19. The van der Waals surface area contributed by atoms with E-state index in [1.165, 1.54) is 17.5 Å². The normalized spacial score (nSPS) is 18.2. The Labute approximate surface area is 220 Å². The topological polar surface area (TPSA) is 114 Å². The first-order chi connectivity index (χ1) is 18.0. The highest BCUT2D eigenvalue weighted by atomic mass is 35.5. The quantitative estimate of drug-likeness (QED) is 0.336. The van der Waals surface area contributed by atoms with Crippen molar-refractivity contribution in [2.45, 2.75) is 25.6 Å². The van der Waals surface area contributed by atoms with Gasteiger partial charge >= 0.3 is 0 Å². The molecule has 0 bridgehead atoms. The van der Waals surface area contributed by atoms with Gasteiger partial charge in [-0.15, -0.1) is 11.3 Å². The summed E-state index contributed by atoms with van der Waals surface area (Å²) in [6, 6.07) is 3.81. The van der Waals surface area contributed by atoms with Gasteiger partial charge in [0.1, 0.15) is 11.6 Å². The number of nitrogens with one attached hydrogen (secondary N) is 2. The molecule has 10 nitrogen and oxygen atoms in total. The predicted octanol–water partition coefficient (Wildman–Crippen LogP) is 3.79. The summed E-state index contributed by atoms with van der Waals surface area (Å²) >= 11 is 7.48. The molecule has 2 aliphatic heterocycles. The lowest BCUT2D eigenvalue weighted by atomic mass is 10.1. The summed E-state index contributed by atoms with van der Waals surface area (Å²) < 4.78 is 24.7. The van der Waals surface area contributed by atoms with Gasteiger partial charge in [-0.2, -0.15) is 4.98 Å². The number of benzene rings is 1. The van der Waals surface area contributed by atoms with E-state index in [9.17, 15) is 9.18 Å². The maximum Gasteiger partial charge on any atom is 0.263 e. The maximum atomic E-state index is 12.7. The number of carbonyl (C=O) groups is 1. The number of likely N-dealkylation sites (tertiary alicyclic amines) is 1. The van der Waals surface area contributed by atoms with Gasteiger partial charge in [0, 0.05) is 54.1 Å². The van der Waals surface area contributed by atoms with Crippen LogP contribution in [0.3, 0.4) is 0 Å². The van der Waals surface area contributed by atoms with Crippen LogP contribution in [0.5, 0.6) is 11.8 Å². The van der Waals surface area contributed by atoms with Crippen molar-refractivity contribution in [3.05, 3.63) is 40.3 Å². The van der Waals surface area contributed by atoms with Crippen LogP contribution in [0, 0.1) is 0 Å². The second-order valence-electron chi connectivity index (χ2n) is 9.02. The lowest BCUT2D eigenvalue weighted by Gasteiger charge is -2.38. The molecule has 1 aromatic carbocycles. The number of alkyl halides is 1. The minimum Gasteiger partial charge on any atom is -0.418 e. The van der Waals surface area contributed by atoms with Crippen molar-refractivity contribution < 1.29 is 18.7 Å². The number of rotatable bonds is 7. The molecule has 1 amide bonds. The Morgan fingerprint density at radius 2 is 2.11 bits per heavy atom. The highest BCUT2D eigenvalue weighted by molar-refractivity contribution is 7.21. The van der Waals surface area contributed by atoms with E-state index in [1.54, 1.807) is 6.20 Å². The van der Waals surface area contributed by atoms with E-state index >= 15 is 0 Å². The third-order valence-corrected chi connectivity index (χ3v) is 7.59. The van der Waals surface area contributed by atoms with Gasteiger partial charge in [-0.3, -0.25) is 9.69 Å². The molecular formula is C24H23ClFN7O3S. The summed E-state index contributed by atoms with van der Waals surface area (Å²) in [5.41, 5.74) is 2.82. The van der Waals surface area contributed by atoms with Crippen LogP contribution in [-0.4, -0.2) is 75.8 Å². The van der Waals surface area contributed by atoms with Crippen molar-refractivity contribution in [3.63, 3.8) is 0 Å². The first-order valence-electron chi connectivity index (χ1n) is 11.8. The molecule has 0 unspecified atom stereocenters.